The molecule has 0 radical (unpaired) electrons. The van der Waals surface area contributed by atoms with Crippen molar-refractivity contribution in [1.82, 2.24) is 14.1 Å². The van der Waals surface area contributed by atoms with Gasteiger partial charge in [-0.1, -0.05) is 27.2 Å². The molecule has 0 spiro atoms. The quantitative estimate of drug-likeness (QED) is 0.566. The molecule has 0 aromatic carbocycles. The van der Waals surface area contributed by atoms with E-state index in [9.17, 15) is 18.0 Å². The maximum Gasteiger partial charge on any atom is 0.239 e. The second kappa shape index (κ2) is 10.3. The molecule has 1 saturated carbocycles. The van der Waals surface area contributed by atoms with Crippen molar-refractivity contribution in [3.05, 3.63) is 0 Å². The molecule has 1 fully saturated rings. The van der Waals surface area contributed by atoms with Gasteiger partial charge in [0.15, 0.2) is 0 Å². The molecule has 152 valence electrons. The topological polar surface area (TPSA) is 78.0 Å². The maximum atomic E-state index is 12.3. The van der Waals surface area contributed by atoms with Crippen molar-refractivity contribution >= 4 is 21.8 Å². The number of rotatable bonds is 10. The van der Waals surface area contributed by atoms with Crippen LogP contribution in [0.3, 0.4) is 0 Å². The fourth-order valence-electron chi connectivity index (χ4n) is 3.44. The van der Waals surface area contributed by atoms with Gasteiger partial charge in [-0.15, -0.1) is 0 Å². The molecule has 1 aliphatic carbocycles. The second-order valence-electron chi connectivity index (χ2n) is 7.46. The van der Waals surface area contributed by atoms with Crippen LogP contribution < -0.4 is 0 Å². The number of carbonyl (C=O) groups is 2. The van der Waals surface area contributed by atoms with Gasteiger partial charge in [-0.25, -0.2) is 12.7 Å². The Morgan fingerprint density at radius 1 is 0.962 bits per heavy atom. The first kappa shape index (κ1) is 22.9. The van der Waals surface area contributed by atoms with Crippen LogP contribution in [0, 0.1) is 11.8 Å². The maximum absolute atomic E-state index is 12.3. The van der Waals surface area contributed by atoms with E-state index in [0.717, 1.165) is 12.8 Å². The number of likely N-dealkylation sites (N-methyl/N-ethyl adjacent to an activating group) is 2. The van der Waals surface area contributed by atoms with Crippen LogP contribution in [0.4, 0.5) is 0 Å². The molecule has 7 nitrogen and oxygen atoms in total. The largest absolute Gasteiger partial charge is 0.344 e. The second-order valence-corrected chi connectivity index (χ2v) is 9.43. The Balaban J connectivity index is 2.43. The summed E-state index contributed by atoms with van der Waals surface area (Å²) in [5.74, 6) is 0.305. The van der Waals surface area contributed by atoms with Gasteiger partial charge in [0.05, 0.1) is 0 Å². The molecule has 0 N–H and O–H groups in total. The smallest absolute Gasteiger partial charge is 0.239 e. The molecule has 0 heterocycles. The highest BCUT2D eigenvalue weighted by Crippen LogP contribution is 2.32. The Labute approximate surface area is 158 Å². The Bertz CT molecular complexity index is 575. The Morgan fingerprint density at radius 3 is 1.96 bits per heavy atom. The van der Waals surface area contributed by atoms with E-state index in [1.165, 1.54) is 15.6 Å². The zero-order valence-electron chi connectivity index (χ0n) is 16.9. The monoisotopic (exact) mass is 389 g/mol. The zero-order valence-corrected chi connectivity index (χ0v) is 17.7. The molecule has 26 heavy (non-hydrogen) atoms. The summed E-state index contributed by atoms with van der Waals surface area (Å²) in [7, 11) is -0.259. The standard InChI is InChI=1S/C18H35N3O4S/c1-6-21(7-2)26(24,25)14-18(23)20(5)11-10-19(4)17(22)13-16-9-8-15(3)12-16/h15-16H,6-14H2,1-5H3. The highest BCUT2D eigenvalue weighted by Gasteiger charge is 2.26. The molecule has 0 aromatic heterocycles. The predicted octanol–water partition coefficient (Wildman–Crippen LogP) is 1.40. The van der Waals surface area contributed by atoms with Crippen LogP contribution >= 0.6 is 0 Å². The number of nitrogens with zero attached hydrogens (tertiary/aromatic N) is 3. The predicted molar refractivity (Wildman–Crippen MR) is 103 cm³/mol. The summed E-state index contributed by atoms with van der Waals surface area (Å²) in [5.41, 5.74) is 0. The van der Waals surface area contributed by atoms with Crippen LogP contribution in [0.15, 0.2) is 0 Å². The number of amides is 2. The van der Waals surface area contributed by atoms with E-state index < -0.39 is 21.7 Å². The zero-order chi connectivity index (χ0) is 19.9. The van der Waals surface area contributed by atoms with Gasteiger partial charge in [-0.2, -0.15) is 0 Å². The van der Waals surface area contributed by atoms with E-state index in [2.05, 4.69) is 6.92 Å². The minimum Gasteiger partial charge on any atom is -0.344 e. The molecule has 1 aliphatic rings. The molecule has 8 heteroatoms. The van der Waals surface area contributed by atoms with Crippen molar-refractivity contribution in [3.63, 3.8) is 0 Å². The summed E-state index contributed by atoms with van der Waals surface area (Å²) in [5, 5.41) is 0. The molecule has 2 unspecified atom stereocenters. The molecule has 1 rings (SSSR count). The lowest BCUT2D eigenvalue weighted by molar-refractivity contribution is -0.133. The lowest BCUT2D eigenvalue weighted by Gasteiger charge is -2.24. The van der Waals surface area contributed by atoms with Crippen LogP contribution in [-0.2, 0) is 19.6 Å². The van der Waals surface area contributed by atoms with Gasteiger partial charge in [0.2, 0.25) is 21.8 Å². The van der Waals surface area contributed by atoms with Gasteiger partial charge in [-0.3, -0.25) is 9.59 Å². The van der Waals surface area contributed by atoms with E-state index in [1.54, 1.807) is 32.8 Å². The van der Waals surface area contributed by atoms with E-state index in [-0.39, 0.29) is 5.91 Å². The molecule has 0 bridgehead atoms. The third-order valence-corrected chi connectivity index (χ3v) is 7.21. The minimum atomic E-state index is -3.58. The van der Waals surface area contributed by atoms with Crippen LogP contribution in [-0.4, -0.2) is 80.4 Å². The summed E-state index contributed by atoms with van der Waals surface area (Å²) < 4.78 is 25.7. The number of carbonyl (C=O) groups excluding carboxylic acids is 2. The first-order valence-corrected chi connectivity index (χ1v) is 11.2. The van der Waals surface area contributed by atoms with Crippen molar-refractivity contribution in [3.8, 4) is 0 Å². The fraction of sp³-hybridized carbons (Fsp3) is 0.889. The Kier molecular flexibility index (Phi) is 9.03. The summed E-state index contributed by atoms with van der Waals surface area (Å²) in [6.45, 7) is 7.17. The van der Waals surface area contributed by atoms with Gasteiger partial charge in [0.25, 0.3) is 0 Å². The van der Waals surface area contributed by atoms with Crippen LogP contribution in [0.2, 0.25) is 0 Å². The number of sulfonamides is 1. The normalized spacial score (nSPS) is 20.4. The average Bonchev–Trinajstić information content (AvgIpc) is 2.97. The molecular formula is C18H35N3O4S. The van der Waals surface area contributed by atoms with Gasteiger partial charge >= 0.3 is 0 Å². The Morgan fingerprint density at radius 2 is 1.50 bits per heavy atom. The van der Waals surface area contributed by atoms with E-state index in [0.29, 0.717) is 44.4 Å². The fourth-order valence-corrected chi connectivity index (χ4v) is 4.94. The molecule has 0 saturated heterocycles. The van der Waals surface area contributed by atoms with E-state index in [4.69, 9.17) is 0 Å². The molecule has 2 amide bonds. The van der Waals surface area contributed by atoms with Crippen molar-refractivity contribution in [2.24, 2.45) is 11.8 Å². The van der Waals surface area contributed by atoms with Crippen LogP contribution in [0.1, 0.15) is 46.5 Å². The van der Waals surface area contributed by atoms with Crippen LogP contribution in [0.25, 0.3) is 0 Å². The summed E-state index contributed by atoms with van der Waals surface area (Å²) >= 11 is 0. The summed E-state index contributed by atoms with van der Waals surface area (Å²) in [6.07, 6.45) is 3.98. The molecule has 2 atom stereocenters. The average molecular weight is 390 g/mol. The number of hydrogen-bond acceptors (Lipinski definition) is 4. The van der Waals surface area contributed by atoms with Gasteiger partial charge in [0, 0.05) is 46.7 Å². The number of hydrogen-bond donors (Lipinski definition) is 0. The SMILES string of the molecule is CCN(CC)S(=O)(=O)CC(=O)N(C)CCN(C)C(=O)CC1CCC(C)C1. The first-order chi connectivity index (χ1) is 12.1. The highest BCUT2D eigenvalue weighted by molar-refractivity contribution is 7.89. The van der Waals surface area contributed by atoms with Crippen molar-refractivity contribution in [2.45, 2.75) is 46.5 Å². The van der Waals surface area contributed by atoms with Gasteiger partial charge in [-0.05, 0) is 24.7 Å². The lowest BCUT2D eigenvalue weighted by atomic mass is 10.0. The van der Waals surface area contributed by atoms with E-state index in [1.807, 2.05) is 0 Å². The minimum absolute atomic E-state index is 0.0979. The first-order valence-electron chi connectivity index (χ1n) is 9.56. The summed E-state index contributed by atoms with van der Waals surface area (Å²) in [4.78, 5) is 27.5. The molecule has 0 aromatic rings. The summed E-state index contributed by atoms with van der Waals surface area (Å²) in [6, 6.07) is 0. The third kappa shape index (κ3) is 6.87. The van der Waals surface area contributed by atoms with Crippen molar-refractivity contribution in [2.75, 3.05) is 46.0 Å². The van der Waals surface area contributed by atoms with Crippen molar-refractivity contribution in [1.29, 1.82) is 0 Å². The van der Waals surface area contributed by atoms with Gasteiger partial charge < -0.3 is 9.80 Å². The molecule has 0 aliphatic heterocycles. The third-order valence-electron chi connectivity index (χ3n) is 5.29. The van der Waals surface area contributed by atoms with Gasteiger partial charge in [0.1, 0.15) is 5.75 Å². The van der Waals surface area contributed by atoms with Crippen molar-refractivity contribution < 1.29 is 18.0 Å². The molecular weight excluding hydrogens is 354 g/mol. The lowest BCUT2D eigenvalue weighted by Crippen LogP contribution is -2.42. The van der Waals surface area contributed by atoms with Crippen LogP contribution in [0.5, 0.6) is 0 Å². The highest BCUT2D eigenvalue weighted by atomic mass is 32.2. The Hall–Kier alpha value is -1.15. The van der Waals surface area contributed by atoms with E-state index >= 15 is 0 Å².